The van der Waals surface area contributed by atoms with Crippen LogP contribution < -0.4 is 15.5 Å². The summed E-state index contributed by atoms with van der Waals surface area (Å²) in [6, 6.07) is 5.59. The molecular formula is C19H33N5O2. The number of urea groups is 1. The van der Waals surface area contributed by atoms with Gasteiger partial charge in [-0.1, -0.05) is 0 Å². The molecule has 0 aliphatic rings. The maximum Gasteiger partial charge on any atom is 0.319 e. The van der Waals surface area contributed by atoms with Gasteiger partial charge in [-0.05, 0) is 51.7 Å². The van der Waals surface area contributed by atoms with Gasteiger partial charge in [0.15, 0.2) is 0 Å². The first-order valence-electron chi connectivity index (χ1n) is 8.88. The largest absolute Gasteiger partial charge is 0.377 e. The molecule has 1 rings (SSSR count). The van der Waals surface area contributed by atoms with Crippen LogP contribution in [0.5, 0.6) is 0 Å². The third-order valence-corrected chi connectivity index (χ3v) is 3.86. The van der Waals surface area contributed by atoms with Crippen molar-refractivity contribution in [3.8, 4) is 0 Å². The Kier molecular flexibility index (Phi) is 8.38. The van der Waals surface area contributed by atoms with Crippen LogP contribution in [0.2, 0.25) is 0 Å². The fourth-order valence-electron chi connectivity index (χ4n) is 2.53. The minimum atomic E-state index is -0.236. The van der Waals surface area contributed by atoms with Crippen LogP contribution in [0.1, 0.15) is 26.3 Å². The summed E-state index contributed by atoms with van der Waals surface area (Å²) in [7, 11) is 7.91. The van der Waals surface area contributed by atoms with E-state index in [-0.39, 0.29) is 18.0 Å². The maximum atomic E-state index is 12.0. The second-order valence-electron chi connectivity index (χ2n) is 7.23. The van der Waals surface area contributed by atoms with Crippen LogP contribution in [0, 0.1) is 0 Å². The van der Waals surface area contributed by atoms with E-state index in [1.165, 1.54) is 0 Å². The summed E-state index contributed by atoms with van der Waals surface area (Å²) >= 11 is 0. The summed E-state index contributed by atoms with van der Waals surface area (Å²) in [6.45, 7) is 7.36. The smallest absolute Gasteiger partial charge is 0.319 e. The summed E-state index contributed by atoms with van der Waals surface area (Å²) < 4.78 is 0. The quantitative estimate of drug-likeness (QED) is 0.743. The Balaban J connectivity index is 3.02. The Labute approximate surface area is 157 Å². The molecule has 0 unspecified atom stereocenters. The fraction of sp³-hybridized carbons (Fsp3) is 0.579. The molecule has 0 radical (unpaired) electrons. The highest BCUT2D eigenvalue weighted by molar-refractivity contribution is 5.90. The highest BCUT2D eigenvalue weighted by Gasteiger charge is 2.15. The predicted molar refractivity (Wildman–Crippen MR) is 108 cm³/mol. The Morgan fingerprint density at radius 2 is 1.73 bits per heavy atom. The van der Waals surface area contributed by atoms with E-state index < -0.39 is 0 Å². The van der Waals surface area contributed by atoms with E-state index in [0.717, 1.165) is 17.8 Å². The number of carbonyl (C=O) groups is 2. The molecule has 0 aromatic heterocycles. The van der Waals surface area contributed by atoms with Gasteiger partial charge < -0.3 is 25.3 Å². The molecule has 26 heavy (non-hydrogen) atoms. The van der Waals surface area contributed by atoms with Gasteiger partial charge in [-0.25, -0.2) is 4.79 Å². The molecule has 0 spiro atoms. The summed E-state index contributed by atoms with van der Waals surface area (Å²) in [5.41, 5.74) is 2.72. The SMILES string of the molecule is CC(=O)N(CCN(C)C)Cc1cc(NC(=O)NC(C)C)ccc1N(C)C. The second-order valence-corrected chi connectivity index (χ2v) is 7.23. The van der Waals surface area contributed by atoms with E-state index in [4.69, 9.17) is 0 Å². The number of nitrogens with zero attached hydrogens (tertiary/aromatic N) is 3. The van der Waals surface area contributed by atoms with Crippen molar-refractivity contribution < 1.29 is 9.59 Å². The zero-order valence-corrected chi connectivity index (χ0v) is 17.1. The van der Waals surface area contributed by atoms with Crippen molar-refractivity contribution in [1.82, 2.24) is 15.1 Å². The van der Waals surface area contributed by atoms with Crippen LogP contribution in [0.3, 0.4) is 0 Å². The van der Waals surface area contributed by atoms with Gasteiger partial charge in [0.2, 0.25) is 5.91 Å². The van der Waals surface area contributed by atoms with E-state index in [1.807, 2.05) is 70.0 Å². The number of nitrogens with one attached hydrogen (secondary N) is 2. The fourth-order valence-corrected chi connectivity index (χ4v) is 2.53. The van der Waals surface area contributed by atoms with Gasteiger partial charge in [-0.3, -0.25) is 4.79 Å². The molecule has 0 bridgehead atoms. The van der Waals surface area contributed by atoms with Gasteiger partial charge in [-0.15, -0.1) is 0 Å². The molecule has 1 aromatic rings. The van der Waals surface area contributed by atoms with Crippen molar-refractivity contribution in [1.29, 1.82) is 0 Å². The van der Waals surface area contributed by atoms with E-state index in [9.17, 15) is 9.59 Å². The number of carbonyl (C=O) groups excluding carboxylic acids is 2. The molecule has 0 saturated heterocycles. The normalized spacial score (nSPS) is 10.8. The highest BCUT2D eigenvalue weighted by Crippen LogP contribution is 2.24. The Hall–Kier alpha value is -2.28. The third kappa shape index (κ3) is 7.31. The van der Waals surface area contributed by atoms with Crippen LogP contribution >= 0.6 is 0 Å². The summed E-state index contributed by atoms with van der Waals surface area (Å²) in [5, 5.41) is 5.66. The van der Waals surface area contributed by atoms with Crippen LogP contribution in [0.25, 0.3) is 0 Å². The lowest BCUT2D eigenvalue weighted by Gasteiger charge is -2.26. The molecule has 0 heterocycles. The number of likely N-dealkylation sites (N-methyl/N-ethyl adjacent to an activating group) is 1. The first-order valence-corrected chi connectivity index (χ1v) is 8.88. The number of hydrogen-bond acceptors (Lipinski definition) is 4. The van der Waals surface area contributed by atoms with Crippen LogP contribution in [-0.4, -0.2) is 69.1 Å². The lowest BCUT2D eigenvalue weighted by atomic mass is 10.1. The standard InChI is InChI=1S/C19H33N5O2/c1-14(2)20-19(26)21-17-8-9-18(23(6)7)16(12-17)13-24(15(3)25)11-10-22(4)5/h8-9,12,14H,10-11,13H2,1-7H3,(H2,20,21,26). The van der Waals surface area contributed by atoms with E-state index >= 15 is 0 Å². The maximum absolute atomic E-state index is 12.0. The van der Waals surface area contributed by atoms with Gasteiger partial charge in [0, 0.05) is 58.1 Å². The first kappa shape index (κ1) is 21.8. The average Bonchev–Trinajstić information content (AvgIpc) is 2.49. The minimum absolute atomic E-state index is 0.0347. The molecular weight excluding hydrogens is 330 g/mol. The van der Waals surface area contributed by atoms with Gasteiger partial charge in [0.05, 0.1) is 0 Å². The topological polar surface area (TPSA) is 67.9 Å². The molecule has 3 amide bonds. The summed E-state index contributed by atoms with van der Waals surface area (Å²) in [5.74, 6) is 0.0347. The van der Waals surface area contributed by atoms with Crippen LogP contribution in [0.4, 0.5) is 16.2 Å². The number of rotatable bonds is 8. The molecule has 0 aliphatic heterocycles. The lowest BCUT2D eigenvalue weighted by molar-refractivity contribution is -0.129. The minimum Gasteiger partial charge on any atom is -0.377 e. The Morgan fingerprint density at radius 3 is 2.23 bits per heavy atom. The van der Waals surface area contributed by atoms with Gasteiger partial charge in [0.25, 0.3) is 0 Å². The zero-order valence-electron chi connectivity index (χ0n) is 17.1. The van der Waals surface area contributed by atoms with Crippen molar-refractivity contribution in [3.05, 3.63) is 23.8 Å². The summed E-state index contributed by atoms with van der Waals surface area (Å²) in [6.07, 6.45) is 0. The predicted octanol–water partition coefficient (Wildman–Crippen LogP) is 2.19. The average molecular weight is 364 g/mol. The Morgan fingerprint density at radius 1 is 1.08 bits per heavy atom. The van der Waals surface area contributed by atoms with Gasteiger partial charge in [0.1, 0.15) is 0 Å². The zero-order chi connectivity index (χ0) is 19.9. The summed E-state index contributed by atoms with van der Waals surface area (Å²) in [4.78, 5) is 29.9. The molecule has 7 nitrogen and oxygen atoms in total. The third-order valence-electron chi connectivity index (χ3n) is 3.86. The van der Waals surface area contributed by atoms with Crippen molar-refractivity contribution >= 4 is 23.3 Å². The number of anilines is 2. The van der Waals surface area contributed by atoms with E-state index in [0.29, 0.717) is 18.8 Å². The van der Waals surface area contributed by atoms with Crippen molar-refractivity contribution in [2.75, 3.05) is 51.5 Å². The van der Waals surface area contributed by atoms with Crippen LogP contribution in [-0.2, 0) is 11.3 Å². The van der Waals surface area contributed by atoms with Crippen molar-refractivity contribution in [2.24, 2.45) is 0 Å². The lowest BCUT2D eigenvalue weighted by Crippen LogP contribution is -2.35. The monoisotopic (exact) mass is 363 g/mol. The number of amides is 3. The molecule has 0 fully saturated rings. The molecule has 146 valence electrons. The van der Waals surface area contributed by atoms with Crippen molar-refractivity contribution in [3.63, 3.8) is 0 Å². The Bertz CT molecular complexity index is 614. The molecule has 2 N–H and O–H groups in total. The second kappa shape index (κ2) is 10.0. The van der Waals surface area contributed by atoms with Crippen LogP contribution in [0.15, 0.2) is 18.2 Å². The molecule has 7 heteroatoms. The van der Waals surface area contributed by atoms with E-state index in [2.05, 4.69) is 15.5 Å². The van der Waals surface area contributed by atoms with Gasteiger partial charge >= 0.3 is 6.03 Å². The number of benzene rings is 1. The highest BCUT2D eigenvalue weighted by atomic mass is 16.2. The molecule has 0 aliphatic carbocycles. The molecule has 0 saturated carbocycles. The molecule has 0 atom stereocenters. The van der Waals surface area contributed by atoms with Gasteiger partial charge in [-0.2, -0.15) is 0 Å². The van der Waals surface area contributed by atoms with E-state index in [1.54, 1.807) is 6.92 Å². The van der Waals surface area contributed by atoms with Crippen molar-refractivity contribution in [2.45, 2.75) is 33.4 Å². The number of hydrogen-bond donors (Lipinski definition) is 2. The first-order chi connectivity index (χ1) is 12.1. The molecule has 1 aromatic carbocycles.